The first-order valence-electron chi connectivity index (χ1n) is 5.58. The minimum atomic E-state index is -1.26. The number of aliphatic hydroxyl groups is 1. The van der Waals surface area contributed by atoms with E-state index in [1.165, 1.54) is 0 Å². The second-order valence-electron chi connectivity index (χ2n) is 3.85. The Hall–Kier alpha value is -1.34. The molecule has 0 aromatic rings. The van der Waals surface area contributed by atoms with Gasteiger partial charge >= 0.3 is 12.0 Å². The van der Waals surface area contributed by atoms with Crippen LogP contribution < -0.4 is 5.32 Å². The number of carbonyl (C=O) groups excluding carboxylic acids is 1. The highest BCUT2D eigenvalue weighted by atomic mass is 16.5. The number of hydrogen-bond donors (Lipinski definition) is 3. The topological polar surface area (TPSA) is 99.1 Å². The van der Waals surface area contributed by atoms with Crippen LogP contribution >= 0.6 is 0 Å². The first kappa shape index (κ1) is 13.7. The Labute approximate surface area is 99.4 Å². The molecule has 1 fully saturated rings. The molecular weight excluding hydrogens is 228 g/mol. The largest absolute Gasteiger partial charge is 0.480 e. The summed E-state index contributed by atoms with van der Waals surface area (Å²) in [4.78, 5) is 24.1. The van der Waals surface area contributed by atoms with Crippen LogP contribution in [0.5, 0.6) is 0 Å². The van der Waals surface area contributed by atoms with Gasteiger partial charge in [0.05, 0.1) is 25.9 Å². The van der Waals surface area contributed by atoms with Crippen molar-refractivity contribution in [3.05, 3.63) is 0 Å². The first-order chi connectivity index (χ1) is 8.10. The van der Waals surface area contributed by atoms with Crippen molar-refractivity contribution in [1.29, 1.82) is 0 Å². The molecule has 0 aromatic carbocycles. The molecule has 1 rings (SSSR count). The molecule has 1 heterocycles. The Balaban J connectivity index is 2.58. The second-order valence-corrected chi connectivity index (χ2v) is 3.85. The second kappa shape index (κ2) is 6.41. The maximum atomic E-state index is 11.8. The van der Waals surface area contributed by atoms with E-state index in [4.69, 9.17) is 14.9 Å². The van der Waals surface area contributed by atoms with Gasteiger partial charge in [-0.15, -0.1) is 0 Å². The summed E-state index contributed by atoms with van der Waals surface area (Å²) in [7, 11) is 0. The van der Waals surface area contributed by atoms with Crippen molar-refractivity contribution in [2.45, 2.75) is 25.4 Å². The molecule has 7 nitrogen and oxygen atoms in total. The number of nitrogens with one attached hydrogen (secondary N) is 1. The van der Waals surface area contributed by atoms with Crippen molar-refractivity contribution in [3.63, 3.8) is 0 Å². The molecule has 0 saturated carbocycles. The average molecular weight is 246 g/mol. The molecule has 0 aliphatic carbocycles. The molecule has 7 heteroatoms. The highest BCUT2D eigenvalue weighted by molar-refractivity contribution is 5.82. The lowest BCUT2D eigenvalue weighted by Crippen LogP contribution is -2.56. The predicted octanol–water partition coefficient (Wildman–Crippen LogP) is -0.748. The number of aliphatic hydroxyl groups excluding tert-OH is 1. The van der Waals surface area contributed by atoms with Crippen LogP contribution in [0.2, 0.25) is 0 Å². The number of hydrogen-bond acceptors (Lipinski definition) is 4. The fraction of sp³-hybridized carbons (Fsp3) is 0.800. The van der Waals surface area contributed by atoms with Crippen LogP contribution in [0.4, 0.5) is 4.79 Å². The molecule has 2 unspecified atom stereocenters. The van der Waals surface area contributed by atoms with Gasteiger partial charge in [0, 0.05) is 6.54 Å². The Kier molecular flexibility index (Phi) is 5.17. The van der Waals surface area contributed by atoms with Crippen LogP contribution in [0.25, 0.3) is 0 Å². The molecule has 98 valence electrons. The average Bonchev–Trinajstić information content (AvgIpc) is 2.35. The standard InChI is InChI=1S/C10H18N2O5/c1-2-7-6-17-4-3-12(7)10(16)11-8(5-13)9(14)15/h7-8,13H,2-6H2,1H3,(H,11,16)(H,14,15). The molecular formula is C10H18N2O5. The van der Waals surface area contributed by atoms with Crippen LogP contribution in [-0.2, 0) is 9.53 Å². The molecule has 0 radical (unpaired) electrons. The Morgan fingerprint density at radius 3 is 2.82 bits per heavy atom. The molecule has 0 aromatic heterocycles. The fourth-order valence-corrected chi connectivity index (χ4v) is 1.68. The van der Waals surface area contributed by atoms with Crippen molar-refractivity contribution in [3.8, 4) is 0 Å². The van der Waals surface area contributed by atoms with E-state index in [1.807, 2.05) is 6.92 Å². The number of carboxylic acids is 1. The Morgan fingerprint density at radius 1 is 1.59 bits per heavy atom. The SMILES string of the molecule is CCC1COCCN1C(=O)NC(CO)C(=O)O. The molecule has 0 bridgehead atoms. The summed E-state index contributed by atoms with van der Waals surface area (Å²) < 4.78 is 5.24. The summed E-state index contributed by atoms with van der Waals surface area (Å²) in [5.41, 5.74) is 0. The van der Waals surface area contributed by atoms with Crippen molar-refractivity contribution in [2.75, 3.05) is 26.4 Å². The van der Waals surface area contributed by atoms with Gasteiger partial charge in [-0.25, -0.2) is 9.59 Å². The third-order valence-electron chi connectivity index (χ3n) is 2.74. The van der Waals surface area contributed by atoms with Crippen LogP contribution in [0.1, 0.15) is 13.3 Å². The fourth-order valence-electron chi connectivity index (χ4n) is 1.68. The number of ether oxygens (including phenoxy) is 1. The first-order valence-corrected chi connectivity index (χ1v) is 5.58. The van der Waals surface area contributed by atoms with Gasteiger partial charge in [0.25, 0.3) is 0 Å². The zero-order chi connectivity index (χ0) is 12.8. The number of aliphatic carboxylic acids is 1. The number of carboxylic acid groups (broad SMARTS) is 1. The predicted molar refractivity (Wildman–Crippen MR) is 58.6 cm³/mol. The lowest BCUT2D eigenvalue weighted by atomic mass is 10.2. The quantitative estimate of drug-likeness (QED) is 0.606. The highest BCUT2D eigenvalue weighted by Crippen LogP contribution is 2.10. The van der Waals surface area contributed by atoms with Gasteiger partial charge in [-0.05, 0) is 6.42 Å². The van der Waals surface area contributed by atoms with Gasteiger partial charge in [0.2, 0.25) is 0 Å². The van der Waals surface area contributed by atoms with Gasteiger partial charge in [-0.2, -0.15) is 0 Å². The summed E-state index contributed by atoms with van der Waals surface area (Å²) >= 11 is 0. The lowest BCUT2D eigenvalue weighted by molar-refractivity contribution is -0.140. The molecule has 2 atom stereocenters. The minimum absolute atomic E-state index is 0.0445. The van der Waals surface area contributed by atoms with Gasteiger partial charge < -0.3 is 25.2 Å². The van der Waals surface area contributed by atoms with E-state index in [0.29, 0.717) is 19.8 Å². The molecule has 0 spiro atoms. The number of morpholine rings is 1. The van der Waals surface area contributed by atoms with Gasteiger partial charge in [-0.1, -0.05) is 6.92 Å². The Bertz CT molecular complexity index is 284. The van der Waals surface area contributed by atoms with E-state index in [0.717, 1.165) is 6.42 Å². The van der Waals surface area contributed by atoms with E-state index in [-0.39, 0.29) is 6.04 Å². The van der Waals surface area contributed by atoms with Gasteiger partial charge in [0.15, 0.2) is 6.04 Å². The molecule has 1 saturated heterocycles. The monoisotopic (exact) mass is 246 g/mol. The lowest BCUT2D eigenvalue weighted by Gasteiger charge is -2.35. The molecule has 2 amide bonds. The van der Waals surface area contributed by atoms with E-state index < -0.39 is 24.6 Å². The normalized spacial score (nSPS) is 22.0. The summed E-state index contributed by atoms with van der Waals surface area (Å²) in [6, 6.07) is -1.78. The summed E-state index contributed by atoms with van der Waals surface area (Å²) in [6.45, 7) is 2.65. The van der Waals surface area contributed by atoms with Crippen molar-refractivity contribution in [1.82, 2.24) is 10.2 Å². The highest BCUT2D eigenvalue weighted by Gasteiger charge is 2.28. The van der Waals surface area contributed by atoms with E-state index in [1.54, 1.807) is 4.90 Å². The van der Waals surface area contributed by atoms with Crippen molar-refractivity contribution < 1.29 is 24.5 Å². The van der Waals surface area contributed by atoms with Crippen LogP contribution in [-0.4, -0.2) is 65.6 Å². The van der Waals surface area contributed by atoms with Gasteiger partial charge in [0.1, 0.15) is 0 Å². The molecule has 1 aliphatic heterocycles. The van der Waals surface area contributed by atoms with E-state index >= 15 is 0 Å². The van der Waals surface area contributed by atoms with Crippen molar-refractivity contribution >= 4 is 12.0 Å². The zero-order valence-electron chi connectivity index (χ0n) is 9.76. The molecule has 3 N–H and O–H groups in total. The van der Waals surface area contributed by atoms with E-state index in [9.17, 15) is 9.59 Å². The summed E-state index contributed by atoms with van der Waals surface area (Å²) in [6.07, 6.45) is 0.740. The maximum absolute atomic E-state index is 11.8. The minimum Gasteiger partial charge on any atom is -0.480 e. The number of rotatable bonds is 4. The number of carbonyl (C=O) groups is 2. The maximum Gasteiger partial charge on any atom is 0.328 e. The molecule has 17 heavy (non-hydrogen) atoms. The smallest absolute Gasteiger partial charge is 0.328 e. The Morgan fingerprint density at radius 2 is 2.29 bits per heavy atom. The van der Waals surface area contributed by atoms with Gasteiger partial charge in [-0.3, -0.25) is 0 Å². The summed E-state index contributed by atoms with van der Waals surface area (Å²) in [5.74, 6) is -1.25. The zero-order valence-corrected chi connectivity index (χ0v) is 9.76. The molecule has 1 aliphatic rings. The summed E-state index contributed by atoms with van der Waals surface area (Å²) in [5, 5.41) is 19.8. The number of urea groups is 1. The van der Waals surface area contributed by atoms with E-state index in [2.05, 4.69) is 5.32 Å². The van der Waals surface area contributed by atoms with Crippen LogP contribution in [0.15, 0.2) is 0 Å². The third-order valence-corrected chi connectivity index (χ3v) is 2.74. The van der Waals surface area contributed by atoms with Crippen LogP contribution in [0, 0.1) is 0 Å². The third kappa shape index (κ3) is 3.57. The number of nitrogens with zero attached hydrogens (tertiary/aromatic N) is 1. The van der Waals surface area contributed by atoms with Crippen molar-refractivity contribution in [2.24, 2.45) is 0 Å². The van der Waals surface area contributed by atoms with Crippen LogP contribution in [0.3, 0.4) is 0 Å². The number of amides is 2.